The number of nitriles is 1. The first kappa shape index (κ1) is 12.7. The molecule has 90 valence electrons. The normalized spacial score (nSPS) is 11.6. The van der Waals surface area contributed by atoms with E-state index in [9.17, 15) is 5.26 Å². The second-order valence-corrected chi connectivity index (χ2v) is 4.92. The molecule has 0 fully saturated rings. The van der Waals surface area contributed by atoms with E-state index in [2.05, 4.69) is 22.1 Å². The monoisotopic (exact) mass is 300 g/mol. The molecule has 1 unspecified atom stereocenters. The van der Waals surface area contributed by atoms with Gasteiger partial charge in [-0.05, 0) is 30.2 Å². The molecule has 2 nitrogen and oxygen atoms in total. The topological polar surface area (TPSA) is 27.0 Å². The Bertz CT molecular complexity index is 560. The van der Waals surface area contributed by atoms with Gasteiger partial charge in [-0.25, -0.2) is 0 Å². The molecule has 0 aliphatic rings. The summed E-state index contributed by atoms with van der Waals surface area (Å²) in [4.78, 5) is 1.51. The molecular formula is C15H13BrN2. The van der Waals surface area contributed by atoms with Gasteiger partial charge in [-0.3, -0.25) is 4.90 Å². The predicted octanol–water partition coefficient (Wildman–Crippen LogP) is 4.38. The third-order valence-corrected chi connectivity index (χ3v) is 3.63. The van der Waals surface area contributed by atoms with Gasteiger partial charge in [0.15, 0.2) is 6.19 Å². The fourth-order valence-corrected chi connectivity index (χ4v) is 2.41. The van der Waals surface area contributed by atoms with Crippen LogP contribution in [0.4, 0.5) is 5.69 Å². The molecule has 2 aromatic rings. The molecular weight excluding hydrogens is 288 g/mol. The van der Waals surface area contributed by atoms with Gasteiger partial charge in [-0.2, -0.15) is 5.26 Å². The number of aryl methyl sites for hydroxylation is 1. The van der Waals surface area contributed by atoms with Gasteiger partial charge in [0.2, 0.25) is 0 Å². The number of nitrogens with zero attached hydrogens (tertiary/aromatic N) is 2. The van der Waals surface area contributed by atoms with Crippen LogP contribution in [0.25, 0.3) is 0 Å². The van der Waals surface area contributed by atoms with Gasteiger partial charge in [0.05, 0.1) is 5.69 Å². The molecule has 2 aromatic carbocycles. The van der Waals surface area contributed by atoms with Crippen molar-refractivity contribution in [2.45, 2.75) is 11.9 Å². The van der Waals surface area contributed by atoms with Crippen LogP contribution < -0.4 is 4.90 Å². The Kier molecular flexibility index (Phi) is 4.01. The van der Waals surface area contributed by atoms with E-state index in [1.165, 1.54) is 0 Å². The molecule has 3 heteroatoms. The molecule has 0 aliphatic carbocycles. The van der Waals surface area contributed by atoms with Gasteiger partial charge in [0.1, 0.15) is 4.95 Å². The quantitative estimate of drug-likeness (QED) is 0.364. The molecule has 0 amide bonds. The molecule has 0 N–H and O–H groups in total. The van der Waals surface area contributed by atoms with Crippen molar-refractivity contribution < 1.29 is 0 Å². The maximum absolute atomic E-state index is 9.35. The summed E-state index contributed by atoms with van der Waals surface area (Å²) in [7, 11) is 0. The van der Waals surface area contributed by atoms with Crippen LogP contribution in [0.3, 0.4) is 0 Å². The smallest absolute Gasteiger partial charge is 0.185 e. The van der Waals surface area contributed by atoms with Gasteiger partial charge in [0, 0.05) is 0 Å². The molecule has 0 heterocycles. The lowest BCUT2D eigenvalue weighted by molar-refractivity contribution is 0.965. The first-order chi connectivity index (χ1) is 8.72. The minimum atomic E-state index is -0.148. The Morgan fingerprint density at radius 3 is 2.44 bits per heavy atom. The zero-order valence-electron chi connectivity index (χ0n) is 10.0. The highest BCUT2D eigenvalue weighted by molar-refractivity contribution is 9.09. The zero-order valence-corrected chi connectivity index (χ0v) is 11.6. The van der Waals surface area contributed by atoms with Crippen LogP contribution in [0.1, 0.15) is 16.1 Å². The minimum absolute atomic E-state index is 0.148. The van der Waals surface area contributed by atoms with E-state index >= 15 is 0 Å². The fraction of sp³-hybridized carbons (Fsp3) is 0.133. The largest absolute Gasteiger partial charge is 0.261 e. The summed E-state index contributed by atoms with van der Waals surface area (Å²) in [6.07, 6.45) is 2.23. The minimum Gasteiger partial charge on any atom is -0.261 e. The summed E-state index contributed by atoms with van der Waals surface area (Å²) >= 11 is 3.58. The highest BCUT2D eigenvalue weighted by Gasteiger charge is 2.17. The van der Waals surface area contributed by atoms with Crippen molar-refractivity contribution in [2.75, 3.05) is 4.90 Å². The lowest BCUT2D eigenvalue weighted by Gasteiger charge is -2.22. The summed E-state index contributed by atoms with van der Waals surface area (Å²) in [5.74, 6) is 0. The van der Waals surface area contributed by atoms with E-state index in [1.54, 1.807) is 4.90 Å². The van der Waals surface area contributed by atoms with Crippen molar-refractivity contribution in [2.24, 2.45) is 0 Å². The Morgan fingerprint density at radius 1 is 1.11 bits per heavy atom. The van der Waals surface area contributed by atoms with E-state index in [4.69, 9.17) is 0 Å². The average Bonchev–Trinajstić information content (AvgIpc) is 2.40. The molecule has 0 saturated heterocycles. The first-order valence-electron chi connectivity index (χ1n) is 5.67. The standard InChI is InChI=1S/C15H13BrN2/c1-12-6-5-9-14(10-12)18(11-17)15(16)13-7-3-2-4-8-13/h2-10,15H,1H3. The molecule has 0 aromatic heterocycles. The van der Waals surface area contributed by atoms with Crippen molar-refractivity contribution in [3.05, 3.63) is 65.7 Å². The van der Waals surface area contributed by atoms with E-state index < -0.39 is 0 Å². The van der Waals surface area contributed by atoms with Gasteiger partial charge < -0.3 is 0 Å². The second kappa shape index (κ2) is 5.70. The summed E-state index contributed by atoms with van der Waals surface area (Å²) < 4.78 is 0. The Labute approximate surface area is 116 Å². The number of alkyl halides is 1. The molecule has 0 spiro atoms. The highest BCUT2D eigenvalue weighted by atomic mass is 79.9. The van der Waals surface area contributed by atoms with Crippen LogP contribution in [0.15, 0.2) is 54.6 Å². The predicted molar refractivity (Wildman–Crippen MR) is 77.4 cm³/mol. The lowest BCUT2D eigenvalue weighted by atomic mass is 10.2. The Hall–Kier alpha value is -1.79. The van der Waals surface area contributed by atoms with Crippen LogP contribution in [0, 0.1) is 18.4 Å². The van der Waals surface area contributed by atoms with E-state index in [0.29, 0.717) is 0 Å². The molecule has 0 aliphatic heterocycles. The summed E-state index contributed by atoms with van der Waals surface area (Å²) in [5.41, 5.74) is 3.09. The molecule has 1 atom stereocenters. The first-order valence-corrected chi connectivity index (χ1v) is 6.58. The molecule has 2 rings (SSSR count). The number of hydrogen-bond acceptors (Lipinski definition) is 2. The average molecular weight is 301 g/mol. The van der Waals surface area contributed by atoms with Crippen molar-refractivity contribution in [3.63, 3.8) is 0 Å². The van der Waals surface area contributed by atoms with E-state index in [0.717, 1.165) is 16.8 Å². The van der Waals surface area contributed by atoms with Crippen LogP contribution in [-0.4, -0.2) is 0 Å². The van der Waals surface area contributed by atoms with Crippen molar-refractivity contribution in [1.29, 1.82) is 5.26 Å². The molecule has 0 radical (unpaired) electrons. The van der Waals surface area contributed by atoms with Gasteiger partial charge in [-0.1, -0.05) is 58.4 Å². The van der Waals surface area contributed by atoms with Gasteiger partial charge in [0.25, 0.3) is 0 Å². The molecule has 0 bridgehead atoms. The van der Waals surface area contributed by atoms with Crippen molar-refractivity contribution >= 4 is 21.6 Å². The third kappa shape index (κ3) is 2.72. The van der Waals surface area contributed by atoms with Crippen molar-refractivity contribution in [3.8, 4) is 6.19 Å². The summed E-state index contributed by atoms with van der Waals surface area (Å²) in [5, 5.41) is 9.35. The second-order valence-electron chi connectivity index (χ2n) is 4.06. The Balaban J connectivity index is 2.33. The fourth-order valence-electron chi connectivity index (χ4n) is 1.78. The lowest BCUT2D eigenvalue weighted by Crippen LogP contribution is -2.18. The molecule has 0 saturated carbocycles. The van der Waals surface area contributed by atoms with Crippen LogP contribution in [0.2, 0.25) is 0 Å². The van der Waals surface area contributed by atoms with Crippen molar-refractivity contribution in [1.82, 2.24) is 0 Å². The zero-order chi connectivity index (χ0) is 13.0. The third-order valence-electron chi connectivity index (χ3n) is 2.69. The molecule has 18 heavy (non-hydrogen) atoms. The number of hydrogen-bond donors (Lipinski definition) is 0. The highest BCUT2D eigenvalue weighted by Crippen LogP contribution is 2.31. The number of halogens is 1. The maximum atomic E-state index is 9.35. The number of rotatable bonds is 3. The van der Waals surface area contributed by atoms with Crippen LogP contribution in [0.5, 0.6) is 0 Å². The number of anilines is 1. The van der Waals surface area contributed by atoms with Gasteiger partial charge >= 0.3 is 0 Å². The number of benzene rings is 2. The maximum Gasteiger partial charge on any atom is 0.185 e. The van der Waals surface area contributed by atoms with E-state index in [-0.39, 0.29) is 4.95 Å². The SMILES string of the molecule is Cc1cccc(N(C#N)C(Br)c2ccccc2)c1. The Morgan fingerprint density at radius 2 is 1.83 bits per heavy atom. The van der Waals surface area contributed by atoms with Gasteiger partial charge in [-0.15, -0.1) is 0 Å². The van der Waals surface area contributed by atoms with Crippen LogP contribution >= 0.6 is 15.9 Å². The van der Waals surface area contributed by atoms with Crippen LogP contribution in [-0.2, 0) is 0 Å². The summed E-state index contributed by atoms with van der Waals surface area (Å²) in [6.45, 7) is 2.02. The summed E-state index contributed by atoms with van der Waals surface area (Å²) in [6, 6.07) is 17.8. The van der Waals surface area contributed by atoms with E-state index in [1.807, 2.05) is 61.5 Å².